The molecule has 0 aromatic heterocycles. The van der Waals surface area contributed by atoms with Crippen LogP contribution in [0.15, 0.2) is 18.2 Å². The fraction of sp³-hybridized carbons (Fsp3) is 0.636. The van der Waals surface area contributed by atoms with Crippen molar-refractivity contribution in [2.75, 3.05) is 79.0 Å². The van der Waals surface area contributed by atoms with E-state index in [1.807, 2.05) is 18.2 Å². The lowest BCUT2D eigenvalue weighted by Crippen LogP contribution is -2.47. The summed E-state index contributed by atoms with van der Waals surface area (Å²) in [5.74, 6) is 0.203. The van der Waals surface area contributed by atoms with E-state index in [0.29, 0.717) is 32.1 Å². The lowest BCUT2D eigenvalue weighted by Gasteiger charge is -2.35. The minimum Gasteiger partial charge on any atom is -0.454 e. The zero-order chi connectivity index (χ0) is 22.2. The van der Waals surface area contributed by atoms with E-state index in [4.69, 9.17) is 18.9 Å². The van der Waals surface area contributed by atoms with Crippen LogP contribution in [0.1, 0.15) is 18.0 Å². The van der Waals surface area contributed by atoms with Gasteiger partial charge in [0.1, 0.15) is 0 Å². The Morgan fingerprint density at radius 3 is 2.38 bits per heavy atom. The van der Waals surface area contributed by atoms with Gasteiger partial charge in [0, 0.05) is 39.3 Å². The predicted octanol–water partition coefficient (Wildman–Crippen LogP) is -0.257. The summed E-state index contributed by atoms with van der Waals surface area (Å²) in [7, 11) is 0. The van der Waals surface area contributed by atoms with Crippen LogP contribution in [0.2, 0.25) is 0 Å². The molecule has 3 heterocycles. The van der Waals surface area contributed by atoms with E-state index in [1.165, 1.54) is 0 Å². The number of carbonyl (C=O) groups is 2. The first-order valence-corrected chi connectivity index (χ1v) is 11.3. The summed E-state index contributed by atoms with van der Waals surface area (Å²) < 4.78 is 21.7. The number of rotatable bonds is 8. The Bertz CT molecular complexity index is 780. The van der Waals surface area contributed by atoms with E-state index < -0.39 is 11.8 Å². The van der Waals surface area contributed by atoms with E-state index in [0.717, 1.165) is 63.7 Å². The van der Waals surface area contributed by atoms with Crippen molar-refractivity contribution in [1.82, 2.24) is 20.4 Å². The molecule has 2 N–H and O–H groups in total. The Labute approximate surface area is 188 Å². The minimum absolute atomic E-state index is 0.0912. The molecule has 2 amide bonds. The second kappa shape index (κ2) is 11.5. The molecule has 4 rings (SSSR count). The van der Waals surface area contributed by atoms with Gasteiger partial charge in [-0.15, -0.1) is 0 Å². The van der Waals surface area contributed by atoms with Gasteiger partial charge in [0.2, 0.25) is 6.79 Å². The maximum absolute atomic E-state index is 12.4. The smallest absolute Gasteiger partial charge is 0.309 e. The van der Waals surface area contributed by atoms with Crippen molar-refractivity contribution in [3.8, 4) is 11.5 Å². The van der Waals surface area contributed by atoms with Crippen LogP contribution in [-0.2, 0) is 19.1 Å². The van der Waals surface area contributed by atoms with Gasteiger partial charge in [0.15, 0.2) is 11.5 Å². The number of nitrogens with zero attached hydrogens (tertiary/aromatic N) is 2. The third kappa shape index (κ3) is 6.10. The third-order valence-corrected chi connectivity index (χ3v) is 5.97. The van der Waals surface area contributed by atoms with Gasteiger partial charge in [-0.3, -0.25) is 19.4 Å². The predicted molar refractivity (Wildman–Crippen MR) is 116 cm³/mol. The first-order valence-electron chi connectivity index (χ1n) is 11.3. The Morgan fingerprint density at radius 1 is 0.906 bits per heavy atom. The number of hydrogen-bond acceptors (Lipinski definition) is 8. The van der Waals surface area contributed by atoms with Crippen LogP contribution in [0.4, 0.5) is 0 Å². The minimum atomic E-state index is -0.615. The molecule has 1 atom stereocenters. The molecule has 0 unspecified atom stereocenters. The fourth-order valence-electron chi connectivity index (χ4n) is 4.15. The van der Waals surface area contributed by atoms with Crippen LogP contribution in [0.3, 0.4) is 0 Å². The molecule has 1 aromatic rings. The Balaban J connectivity index is 1.27. The second-order valence-corrected chi connectivity index (χ2v) is 8.05. The third-order valence-electron chi connectivity index (χ3n) is 5.97. The average molecular weight is 449 g/mol. The average Bonchev–Trinajstić information content (AvgIpc) is 3.31. The molecule has 0 radical (unpaired) electrons. The number of carbonyl (C=O) groups excluding carboxylic acids is 2. The highest BCUT2D eigenvalue weighted by Crippen LogP contribution is 2.35. The summed E-state index contributed by atoms with van der Waals surface area (Å²) in [4.78, 5) is 29.2. The topological polar surface area (TPSA) is 102 Å². The van der Waals surface area contributed by atoms with E-state index in [9.17, 15) is 9.59 Å². The summed E-state index contributed by atoms with van der Waals surface area (Å²) in [6.45, 7) is 8.00. The molecular weight excluding hydrogens is 416 g/mol. The van der Waals surface area contributed by atoms with Crippen LogP contribution < -0.4 is 20.1 Å². The molecule has 0 aliphatic carbocycles. The van der Waals surface area contributed by atoms with Gasteiger partial charge in [-0.05, 0) is 30.7 Å². The molecule has 10 heteroatoms. The summed E-state index contributed by atoms with van der Waals surface area (Å²) >= 11 is 0. The molecule has 2 fully saturated rings. The zero-order valence-corrected chi connectivity index (χ0v) is 18.3. The SMILES string of the molecule is O=C(NCCCN1CCOCC1)C(=O)NC[C@H](c1ccc2c(c1)OCO2)N1CCOCC1. The molecule has 0 bridgehead atoms. The van der Waals surface area contributed by atoms with Crippen LogP contribution in [-0.4, -0.2) is 101 Å². The normalized spacial score (nSPS) is 20.0. The number of nitrogens with one attached hydrogen (secondary N) is 2. The van der Waals surface area contributed by atoms with E-state index in [1.54, 1.807) is 0 Å². The van der Waals surface area contributed by atoms with Gasteiger partial charge in [-0.25, -0.2) is 0 Å². The largest absolute Gasteiger partial charge is 0.454 e. The van der Waals surface area contributed by atoms with Gasteiger partial charge in [0.25, 0.3) is 0 Å². The number of ether oxygens (including phenoxy) is 4. The highest BCUT2D eigenvalue weighted by Gasteiger charge is 2.26. The highest BCUT2D eigenvalue weighted by molar-refractivity contribution is 6.35. The number of fused-ring (bicyclic) bond motifs is 1. The first kappa shape index (κ1) is 22.8. The molecule has 2 saturated heterocycles. The van der Waals surface area contributed by atoms with Crippen molar-refractivity contribution in [1.29, 1.82) is 0 Å². The quantitative estimate of drug-likeness (QED) is 0.415. The van der Waals surface area contributed by atoms with Crippen LogP contribution >= 0.6 is 0 Å². The maximum Gasteiger partial charge on any atom is 0.309 e. The molecular formula is C22H32N4O6. The van der Waals surface area contributed by atoms with Crippen molar-refractivity contribution >= 4 is 11.8 Å². The van der Waals surface area contributed by atoms with Gasteiger partial charge in [0.05, 0.1) is 32.5 Å². The number of hydrogen-bond donors (Lipinski definition) is 2. The maximum atomic E-state index is 12.4. The van der Waals surface area contributed by atoms with Crippen molar-refractivity contribution in [2.24, 2.45) is 0 Å². The number of amides is 2. The molecule has 0 spiro atoms. The van der Waals surface area contributed by atoms with Crippen molar-refractivity contribution in [3.63, 3.8) is 0 Å². The highest BCUT2D eigenvalue weighted by atomic mass is 16.7. The molecule has 0 saturated carbocycles. The van der Waals surface area contributed by atoms with Gasteiger partial charge < -0.3 is 29.6 Å². The zero-order valence-electron chi connectivity index (χ0n) is 18.3. The van der Waals surface area contributed by atoms with Gasteiger partial charge >= 0.3 is 11.8 Å². The van der Waals surface area contributed by atoms with Crippen molar-refractivity contribution in [2.45, 2.75) is 12.5 Å². The van der Waals surface area contributed by atoms with Crippen LogP contribution in [0.5, 0.6) is 11.5 Å². The summed E-state index contributed by atoms with van der Waals surface area (Å²) in [6, 6.07) is 5.71. The Morgan fingerprint density at radius 2 is 1.59 bits per heavy atom. The summed E-state index contributed by atoms with van der Waals surface area (Å²) in [5.41, 5.74) is 1.00. The lowest BCUT2D eigenvalue weighted by atomic mass is 10.0. The summed E-state index contributed by atoms with van der Waals surface area (Å²) in [6.07, 6.45) is 0.798. The van der Waals surface area contributed by atoms with Crippen molar-refractivity contribution < 1.29 is 28.5 Å². The Hall–Kier alpha value is -2.40. The number of benzene rings is 1. The molecule has 1 aromatic carbocycles. The molecule has 32 heavy (non-hydrogen) atoms. The van der Waals surface area contributed by atoms with E-state index >= 15 is 0 Å². The van der Waals surface area contributed by atoms with Crippen LogP contribution in [0.25, 0.3) is 0 Å². The first-order chi connectivity index (χ1) is 15.7. The van der Waals surface area contributed by atoms with Gasteiger partial charge in [-0.1, -0.05) is 6.07 Å². The standard InChI is InChI=1S/C22H32N4O6/c27-21(23-4-1-5-25-6-10-29-11-7-25)22(28)24-15-18(26-8-12-30-13-9-26)17-2-3-19-20(14-17)32-16-31-19/h2-3,14,18H,1,4-13,15-16H2,(H,23,27)(H,24,28)/t18-/m1/s1. The van der Waals surface area contributed by atoms with Crippen molar-refractivity contribution in [3.05, 3.63) is 23.8 Å². The molecule has 3 aliphatic heterocycles. The molecule has 176 valence electrons. The van der Waals surface area contributed by atoms with Crippen LogP contribution in [0, 0.1) is 0 Å². The molecule has 10 nitrogen and oxygen atoms in total. The fourth-order valence-corrected chi connectivity index (χ4v) is 4.15. The van der Waals surface area contributed by atoms with E-state index in [2.05, 4.69) is 20.4 Å². The monoisotopic (exact) mass is 448 g/mol. The number of morpholine rings is 2. The Kier molecular flexibility index (Phi) is 8.16. The second-order valence-electron chi connectivity index (χ2n) is 8.05. The lowest BCUT2D eigenvalue weighted by molar-refractivity contribution is -0.139. The van der Waals surface area contributed by atoms with E-state index in [-0.39, 0.29) is 12.8 Å². The van der Waals surface area contributed by atoms with Gasteiger partial charge in [-0.2, -0.15) is 0 Å². The summed E-state index contributed by atoms with van der Waals surface area (Å²) in [5, 5.41) is 5.52. The molecule has 3 aliphatic rings.